The summed E-state index contributed by atoms with van der Waals surface area (Å²) in [7, 11) is 0. The van der Waals surface area contributed by atoms with Crippen molar-refractivity contribution in [1.29, 1.82) is 0 Å². The molecule has 1 atom stereocenters. The Morgan fingerprint density at radius 3 is 2.88 bits per heavy atom. The zero-order valence-electron chi connectivity index (χ0n) is 18.7. The fraction of sp³-hybridized carbons (Fsp3) is 0.320. The Morgan fingerprint density at radius 2 is 2.06 bits per heavy atom. The van der Waals surface area contributed by atoms with Gasteiger partial charge in [0.1, 0.15) is 5.82 Å². The molecule has 6 nitrogen and oxygen atoms in total. The van der Waals surface area contributed by atoms with Crippen molar-refractivity contribution in [1.82, 2.24) is 20.1 Å². The summed E-state index contributed by atoms with van der Waals surface area (Å²) in [4.78, 5) is 20.0. The van der Waals surface area contributed by atoms with Crippen LogP contribution >= 0.6 is 11.3 Å². The largest absolute Gasteiger partial charge is 0.352 e. The van der Waals surface area contributed by atoms with Crippen molar-refractivity contribution in [2.75, 3.05) is 18.0 Å². The lowest BCUT2D eigenvalue weighted by atomic mass is 9.97. The predicted molar refractivity (Wildman–Crippen MR) is 129 cm³/mol. The second-order valence-corrected chi connectivity index (χ2v) is 9.53. The lowest BCUT2D eigenvalue weighted by Gasteiger charge is -2.31. The van der Waals surface area contributed by atoms with E-state index in [4.69, 9.17) is 4.98 Å². The van der Waals surface area contributed by atoms with Crippen LogP contribution in [0.3, 0.4) is 0 Å². The number of fused-ring (bicyclic) bond motifs is 1. The Morgan fingerprint density at radius 1 is 1.21 bits per heavy atom. The molecule has 33 heavy (non-hydrogen) atoms. The van der Waals surface area contributed by atoms with Gasteiger partial charge in [0.05, 0.1) is 22.0 Å². The monoisotopic (exact) mass is 463 g/mol. The predicted octanol–water partition coefficient (Wildman–Crippen LogP) is 4.77. The summed E-state index contributed by atoms with van der Waals surface area (Å²) in [6.45, 7) is 6.06. The van der Waals surface area contributed by atoms with E-state index in [1.165, 1.54) is 17.7 Å². The van der Waals surface area contributed by atoms with Gasteiger partial charge in [-0.15, -0.1) is 0 Å². The van der Waals surface area contributed by atoms with Crippen molar-refractivity contribution >= 4 is 32.7 Å². The first-order valence-corrected chi connectivity index (χ1v) is 12.0. The standard InChI is InChI=1S/C25H26FN5OS/c1-16-7-3-4-8-18(16)14-27-24(32)19-9-6-12-30(15-19)25-28-23-22(33-25)17(2)29-31(23)21-11-5-10-20(26)13-21/h3-5,7-8,10-11,13,19H,6,9,12,14-15H2,1-2H3,(H,27,32)/t19-/m0/s1. The van der Waals surface area contributed by atoms with Crippen LogP contribution in [0.1, 0.15) is 29.7 Å². The lowest BCUT2D eigenvalue weighted by Crippen LogP contribution is -2.43. The number of halogens is 1. The summed E-state index contributed by atoms with van der Waals surface area (Å²) >= 11 is 1.58. The van der Waals surface area contributed by atoms with E-state index < -0.39 is 0 Å². The number of rotatable bonds is 5. The van der Waals surface area contributed by atoms with Crippen LogP contribution in [0.5, 0.6) is 0 Å². The highest BCUT2D eigenvalue weighted by molar-refractivity contribution is 7.22. The number of aryl methyl sites for hydroxylation is 2. The van der Waals surface area contributed by atoms with Crippen molar-refractivity contribution in [3.8, 4) is 5.69 Å². The minimum Gasteiger partial charge on any atom is -0.352 e. The minimum absolute atomic E-state index is 0.0735. The maximum atomic E-state index is 13.8. The number of aromatic nitrogens is 3. The second-order valence-electron chi connectivity index (χ2n) is 8.56. The summed E-state index contributed by atoms with van der Waals surface area (Å²) in [5, 5.41) is 8.56. The quantitative estimate of drug-likeness (QED) is 0.463. The fourth-order valence-corrected chi connectivity index (χ4v) is 5.37. The molecule has 0 unspecified atom stereocenters. The van der Waals surface area contributed by atoms with Crippen molar-refractivity contribution in [3.05, 3.63) is 71.2 Å². The first-order chi connectivity index (χ1) is 16.0. The van der Waals surface area contributed by atoms with Crippen LogP contribution in [0.4, 0.5) is 9.52 Å². The molecular formula is C25H26FN5OS. The first-order valence-electron chi connectivity index (χ1n) is 11.2. The molecule has 170 valence electrons. The van der Waals surface area contributed by atoms with Crippen LogP contribution in [0.25, 0.3) is 16.0 Å². The average molecular weight is 464 g/mol. The number of hydrogen-bond acceptors (Lipinski definition) is 5. The minimum atomic E-state index is -0.306. The van der Waals surface area contributed by atoms with Gasteiger partial charge in [-0.1, -0.05) is 41.7 Å². The third kappa shape index (κ3) is 4.35. The number of hydrogen-bond donors (Lipinski definition) is 1. The van der Waals surface area contributed by atoms with Crippen LogP contribution in [0.2, 0.25) is 0 Å². The molecule has 0 radical (unpaired) electrons. The normalized spacial score (nSPS) is 16.3. The molecule has 1 N–H and O–H groups in total. The molecule has 1 aliphatic rings. The van der Waals surface area contributed by atoms with E-state index in [9.17, 15) is 9.18 Å². The summed E-state index contributed by atoms with van der Waals surface area (Å²) in [5.41, 5.74) is 4.56. The van der Waals surface area contributed by atoms with Gasteiger partial charge in [0.25, 0.3) is 0 Å². The fourth-order valence-electron chi connectivity index (χ4n) is 4.35. The number of benzene rings is 2. The Bertz CT molecular complexity index is 1310. The molecule has 1 amide bonds. The highest BCUT2D eigenvalue weighted by Crippen LogP contribution is 2.34. The molecule has 5 rings (SSSR count). The van der Waals surface area contributed by atoms with Gasteiger partial charge in [-0.3, -0.25) is 4.79 Å². The smallest absolute Gasteiger partial charge is 0.225 e. The third-order valence-electron chi connectivity index (χ3n) is 6.21. The summed E-state index contributed by atoms with van der Waals surface area (Å²) in [6.07, 6.45) is 1.81. The number of amides is 1. The van der Waals surface area contributed by atoms with Crippen molar-refractivity contribution in [3.63, 3.8) is 0 Å². The van der Waals surface area contributed by atoms with E-state index in [0.717, 1.165) is 46.1 Å². The van der Waals surface area contributed by atoms with Gasteiger partial charge in [-0.25, -0.2) is 9.07 Å². The number of carbonyl (C=O) groups is 1. The van der Waals surface area contributed by atoms with Crippen molar-refractivity contribution in [2.45, 2.75) is 33.2 Å². The molecule has 0 bridgehead atoms. The topological polar surface area (TPSA) is 63.1 Å². The average Bonchev–Trinajstić information content (AvgIpc) is 3.39. The number of nitrogens with one attached hydrogen (secondary N) is 1. The molecule has 0 saturated carbocycles. The van der Waals surface area contributed by atoms with E-state index in [2.05, 4.69) is 28.3 Å². The van der Waals surface area contributed by atoms with Gasteiger partial charge in [-0.05, 0) is 56.0 Å². The van der Waals surface area contributed by atoms with Gasteiger partial charge >= 0.3 is 0 Å². The Labute approximate surface area is 196 Å². The Kier molecular flexibility index (Phi) is 5.85. The lowest BCUT2D eigenvalue weighted by molar-refractivity contribution is -0.125. The van der Waals surface area contributed by atoms with Crippen LogP contribution in [0.15, 0.2) is 48.5 Å². The number of nitrogens with zero attached hydrogens (tertiary/aromatic N) is 4. The molecule has 0 aliphatic carbocycles. The summed E-state index contributed by atoms with van der Waals surface area (Å²) in [5.74, 6) is -0.290. The zero-order valence-corrected chi connectivity index (χ0v) is 19.5. The van der Waals surface area contributed by atoms with Gasteiger partial charge in [-0.2, -0.15) is 10.1 Å². The Hall–Kier alpha value is -3.26. The molecule has 1 saturated heterocycles. The summed E-state index contributed by atoms with van der Waals surface area (Å²) in [6, 6.07) is 14.5. The number of carbonyl (C=O) groups excluding carboxylic acids is 1. The van der Waals surface area contributed by atoms with E-state index in [1.54, 1.807) is 22.1 Å². The van der Waals surface area contributed by atoms with E-state index in [1.807, 2.05) is 31.2 Å². The SMILES string of the molecule is Cc1ccccc1CNC(=O)[C@H]1CCCN(c2nc3c(s2)c(C)nn3-c2cccc(F)c2)C1. The maximum Gasteiger partial charge on any atom is 0.225 e. The van der Waals surface area contributed by atoms with Gasteiger partial charge < -0.3 is 10.2 Å². The molecular weight excluding hydrogens is 437 g/mol. The van der Waals surface area contributed by atoms with Gasteiger partial charge in [0.15, 0.2) is 10.8 Å². The number of thiazole rings is 1. The molecule has 2 aromatic heterocycles. The highest BCUT2D eigenvalue weighted by atomic mass is 32.1. The molecule has 8 heteroatoms. The van der Waals surface area contributed by atoms with Crippen LogP contribution < -0.4 is 10.2 Å². The molecule has 1 fully saturated rings. The molecule has 1 aliphatic heterocycles. The molecule has 2 aromatic carbocycles. The first kappa shape index (κ1) is 21.6. The van der Waals surface area contributed by atoms with Gasteiger partial charge in [0, 0.05) is 19.6 Å². The van der Waals surface area contributed by atoms with Gasteiger partial charge in [0.2, 0.25) is 5.91 Å². The number of anilines is 1. The number of piperidine rings is 1. The van der Waals surface area contributed by atoms with Crippen LogP contribution in [0, 0.1) is 25.6 Å². The maximum absolute atomic E-state index is 13.8. The van der Waals surface area contributed by atoms with Crippen LogP contribution in [-0.2, 0) is 11.3 Å². The molecule has 4 aromatic rings. The van der Waals surface area contributed by atoms with E-state index in [0.29, 0.717) is 18.8 Å². The molecule has 3 heterocycles. The molecule has 0 spiro atoms. The van der Waals surface area contributed by atoms with Crippen molar-refractivity contribution in [2.24, 2.45) is 5.92 Å². The summed E-state index contributed by atoms with van der Waals surface area (Å²) < 4.78 is 16.4. The van der Waals surface area contributed by atoms with Crippen molar-refractivity contribution < 1.29 is 9.18 Å². The Balaban J connectivity index is 1.33. The highest BCUT2D eigenvalue weighted by Gasteiger charge is 2.28. The van der Waals surface area contributed by atoms with E-state index in [-0.39, 0.29) is 17.6 Å². The van der Waals surface area contributed by atoms with Crippen LogP contribution in [-0.4, -0.2) is 33.8 Å². The zero-order chi connectivity index (χ0) is 22.9. The van der Waals surface area contributed by atoms with E-state index >= 15 is 0 Å². The second kappa shape index (κ2) is 8.94. The third-order valence-corrected chi connectivity index (χ3v) is 7.42.